The second kappa shape index (κ2) is 26.4. The molecule has 1 aromatic heterocycles. The number of guanidine groups is 1. The number of H-pyrrole nitrogens is 1. The van der Waals surface area contributed by atoms with E-state index in [1.54, 1.807) is 12.3 Å². The van der Waals surface area contributed by atoms with Gasteiger partial charge in [-0.25, -0.2) is 4.79 Å². The summed E-state index contributed by atoms with van der Waals surface area (Å²) in [5.41, 5.74) is 17.4. The second-order valence-corrected chi connectivity index (χ2v) is 14.9. The first kappa shape index (κ1) is 53.9. The number of nitrogens with zero attached hydrogens (tertiary/aromatic N) is 2. The number of aliphatic carboxylic acids is 2. The van der Waals surface area contributed by atoms with Crippen molar-refractivity contribution in [2.75, 3.05) is 31.1 Å². The van der Waals surface area contributed by atoms with Crippen LogP contribution in [0.4, 0.5) is 13.2 Å². The number of fused-ring (bicyclic) bond motifs is 1. The number of amides is 7. The van der Waals surface area contributed by atoms with Crippen LogP contribution in [-0.4, -0.2) is 147 Å². The van der Waals surface area contributed by atoms with Crippen LogP contribution in [0.25, 0.3) is 10.9 Å². The van der Waals surface area contributed by atoms with Crippen molar-refractivity contribution in [3.8, 4) is 0 Å². The topological polar surface area (TPSA) is 364 Å². The molecule has 0 saturated carbocycles. The number of nitrogens with one attached hydrogen (secondary N) is 6. The number of primary amides is 1. The minimum absolute atomic E-state index is 0.0363. The summed E-state index contributed by atoms with van der Waals surface area (Å²) in [6, 6.07) is 1.05. The number of benzene rings is 1. The first-order chi connectivity index (χ1) is 30.1. The number of carbonyl (C=O) groups excluding carboxylic acids is 7. The van der Waals surface area contributed by atoms with E-state index < -0.39 is 103 Å². The van der Waals surface area contributed by atoms with Crippen LogP contribution >= 0.6 is 25.3 Å². The third-order valence-corrected chi connectivity index (χ3v) is 9.87. The van der Waals surface area contributed by atoms with Crippen LogP contribution in [0.5, 0.6) is 0 Å². The number of carboxylic acids is 2. The number of para-hydroxylation sites is 1. The van der Waals surface area contributed by atoms with Crippen molar-refractivity contribution in [2.24, 2.45) is 22.2 Å². The molecule has 3 rings (SSSR count). The van der Waals surface area contributed by atoms with Crippen molar-refractivity contribution in [2.45, 2.75) is 87.8 Å². The fraction of sp³-hybridized carbons (Fsp3) is 0.514. The lowest BCUT2D eigenvalue weighted by molar-refractivity contribution is -0.192. The van der Waals surface area contributed by atoms with Gasteiger partial charge in [0.2, 0.25) is 41.4 Å². The van der Waals surface area contributed by atoms with Gasteiger partial charge in [-0.05, 0) is 49.5 Å². The molecule has 7 amide bonds. The molecule has 354 valence electrons. The van der Waals surface area contributed by atoms with E-state index in [4.69, 9.17) is 27.1 Å². The molecule has 1 saturated heterocycles. The van der Waals surface area contributed by atoms with Crippen LogP contribution in [0.15, 0.2) is 35.5 Å². The maximum absolute atomic E-state index is 14.2. The number of aromatic nitrogens is 1. The van der Waals surface area contributed by atoms with Crippen LogP contribution < -0.4 is 43.8 Å². The zero-order chi connectivity index (χ0) is 48.1. The maximum atomic E-state index is 14.2. The maximum Gasteiger partial charge on any atom is 0.490 e. The Morgan fingerprint density at radius 1 is 0.875 bits per heavy atom. The molecule has 1 fully saturated rings. The van der Waals surface area contributed by atoms with E-state index in [0.717, 1.165) is 10.9 Å². The highest BCUT2D eigenvalue weighted by Gasteiger charge is 2.40. The quantitative estimate of drug-likeness (QED) is 0.0250. The Labute approximate surface area is 374 Å². The van der Waals surface area contributed by atoms with Crippen molar-refractivity contribution in [1.82, 2.24) is 36.5 Å². The molecule has 2 heterocycles. The molecule has 0 bridgehead atoms. The Morgan fingerprint density at radius 3 is 2.12 bits per heavy atom. The molecular weight excluding hydrogens is 896 g/mol. The Morgan fingerprint density at radius 2 is 1.53 bits per heavy atom. The van der Waals surface area contributed by atoms with Gasteiger partial charge in [-0.1, -0.05) is 18.2 Å². The highest BCUT2D eigenvalue weighted by Crippen LogP contribution is 2.23. The van der Waals surface area contributed by atoms with Crippen molar-refractivity contribution < 1.29 is 66.5 Å². The van der Waals surface area contributed by atoms with Crippen molar-refractivity contribution in [3.05, 3.63) is 36.0 Å². The zero-order valence-electron chi connectivity index (χ0n) is 34.2. The molecule has 22 nitrogen and oxygen atoms in total. The van der Waals surface area contributed by atoms with E-state index in [9.17, 15) is 56.6 Å². The predicted octanol–water partition coefficient (Wildman–Crippen LogP) is -1.96. The Hall–Kier alpha value is -6.25. The van der Waals surface area contributed by atoms with E-state index in [-0.39, 0.29) is 49.7 Å². The van der Waals surface area contributed by atoms with Gasteiger partial charge in [0.25, 0.3) is 0 Å². The van der Waals surface area contributed by atoms with E-state index in [2.05, 4.69) is 61.8 Å². The largest absolute Gasteiger partial charge is 0.490 e. The minimum Gasteiger partial charge on any atom is -0.481 e. The molecule has 2 aromatic rings. The number of rotatable bonds is 23. The van der Waals surface area contributed by atoms with Gasteiger partial charge in [-0.2, -0.15) is 38.4 Å². The fourth-order valence-electron chi connectivity index (χ4n) is 6.20. The summed E-state index contributed by atoms with van der Waals surface area (Å²) >= 11 is 8.09. The smallest absolute Gasteiger partial charge is 0.481 e. The summed E-state index contributed by atoms with van der Waals surface area (Å²) in [4.78, 5) is 120. The predicted molar refractivity (Wildman–Crippen MR) is 229 cm³/mol. The van der Waals surface area contributed by atoms with E-state index in [1.165, 1.54) is 4.90 Å². The summed E-state index contributed by atoms with van der Waals surface area (Å²) in [6.07, 6.45) is -2.55. The van der Waals surface area contributed by atoms with Crippen molar-refractivity contribution >= 4 is 95.4 Å². The Kier molecular flexibility index (Phi) is 22.2. The molecule has 5 atom stereocenters. The average Bonchev–Trinajstić information content (AvgIpc) is 3.88. The number of likely N-dealkylation sites (tertiary alicyclic amines) is 1. The van der Waals surface area contributed by atoms with Crippen LogP contribution in [0.2, 0.25) is 0 Å². The van der Waals surface area contributed by atoms with E-state index in [0.29, 0.717) is 31.4 Å². The van der Waals surface area contributed by atoms with Gasteiger partial charge < -0.3 is 63.9 Å². The number of unbranched alkanes of at least 4 members (excludes halogenated alkanes) is 1. The molecule has 64 heavy (non-hydrogen) atoms. The molecule has 27 heteroatoms. The first-order valence-corrected chi connectivity index (χ1v) is 20.8. The molecule has 1 aromatic carbocycles. The lowest BCUT2D eigenvalue weighted by Crippen LogP contribution is -2.59. The lowest BCUT2D eigenvalue weighted by Gasteiger charge is -2.30. The van der Waals surface area contributed by atoms with Crippen LogP contribution in [0.1, 0.15) is 50.5 Å². The summed E-state index contributed by atoms with van der Waals surface area (Å²) in [7, 11) is 0. The first-order valence-electron chi connectivity index (χ1n) is 19.5. The number of alkyl halides is 3. The minimum atomic E-state index is -5.08. The summed E-state index contributed by atoms with van der Waals surface area (Å²) in [6.45, 7) is -0.247. The number of aromatic amines is 1. The number of nitrogens with two attached hydrogens (primary N) is 3. The van der Waals surface area contributed by atoms with E-state index >= 15 is 0 Å². The van der Waals surface area contributed by atoms with E-state index in [1.807, 2.05) is 18.2 Å². The number of halogens is 3. The van der Waals surface area contributed by atoms with Gasteiger partial charge in [0.15, 0.2) is 5.96 Å². The monoisotopic (exact) mass is 947 g/mol. The van der Waals surface area contributed by atoms with Gasteiger partial charge in [-0.15, -0.1) is 0 Å². The number of hydrogen-bond donors (Lipinski definition) is 13. The van der Waals surface area contributed by atoms with Crippen LogP contribution in [0.3, 0.4) is 0 Å². The molecule has 14 N–H and O–H groups in total. The SMILES string of the molecule is NC(=O)[C@@H](CS)NC(=O)[C@@H]1CCCN1C(=O)[C@@H](Cc1c[nH]c2ccccc12)NC(=O)[C@H](CC(=O)O)NC(=O)CNC(=O)[C@H](CCCCN=C(N)N)NC(=O)CCS.O=C(O)C(F)(F)F. The summed E-state index contributed by atoms with van der Waals surface area (Å²) in [5.74, 6) is -9.33. The fourth-order valence-corrected chi connectivity index (χ4v) is 6.67. The molecule has 1 aliphatic rings. The van der Waals surface area contributed by atoms with Gasteiger partial charge in [0.05, 0.1) is 13.0 Å². The van der Waals surface area contributed by atoms with Crippen LogP contribution in [0, 0.1) is 0 Å². The average molecular weight is 948 g/mol. The third kappa shape index (κ3) is 18.2. The van der Waals surface area contributed by atoms with Gasteiger partial charge in [0.1, 0.15) is 30.2 Å². The summed E-state index contributed by atoms with van der Waals surface area (Å²) in [5, 5.41) is 29.9. The molecule has 0 aliphatic carbocycles. The molecule has 0 radical (unpaired) electrons. The van der Waals surface area contributed by atoms with Gasteiger partial charge in [0, 0.05) is 48.8 Å². The number of thiol groups is 2. The number of carbonyl (C=O) groups is 9. The molecular formula is C37H52F3N11O11S2. The normalized spacial score (nSPS) is 15.2. The van der Waals surface area contributed by atoms with Crippen LogP contribution in [-0.2, 0) is 49.6 Å². The number of hydrogen-bond acceptors (Lipinski definition) is 12. The standard InChI is InChI=1S/C35H51N11O9S2.C2HF3O2/c36-30(51)25(18-57)45-33(54)26-9-5-12-46(26)34(55)24(14-19-16-40-21-7-2-1-6-20(19)21)44-32(53)23(15-29(49)50)43-28(48)17-41-31(52)22(42-27(47)10-13-56)8-3-4-11-39-35(37)38;3-2(4,5)1(6)7/h1-2,6-7,16,22-26,40,56-57H,3-5,8-15,17-18H2,(H2,36,51)(H,41,52)(H,42,47)(H,43,48)(H,44,53)(H,45,54)(H,49,50)(H4,37,38,39);(H,6,7)/t22-,23-,24+,25+,26-;/m0./s1. The third-order valence-electron chi connectivity index (χ3n) is 9.28. The van der Waals surface area contributed by atoms with Gasteiger partial charge in [-0.3, -0.25) is 43.3 Å². The van der Waals surface area contributed by atoms with Crippen molar-refractivity contribution in [3.63, 3.8) is 0 Å². The zero-order valence-corrected chi connectivity index (χ0v) is 36.0. The van der Waals surface area contributed by atoms with Crippen molar-refractivity contribution in [1.29, 1.82) is 0 Å². The number of carboxylic acid groups (broad SMARTS) is 2. The molecule has 1 aliphatic heterocycles. The highest BCUT2D eigenvalue weighted by atomic mass is 32.1. The Balaban J connectivity index is 0.00000185. The second-order valence-electron chi connectivity index (χ2n) is 14.1. The summed E-state index contributed by atoms with van der Waals surface area (Å²) < 4.78 is 31.7. The number of aliphatic imine (C=N–C) groups is 1. The Bertz CT molecular complexity index is 2020. The molecule has 0 unspecified atom stereocenters. The van der Waals surface area contributed by atoms with Gasteiger partial charge >= 0.3 is 18.1 Å². The lowest BCUT2D eigenvalue weighted by atomic mass is 10.0. The molecule has 0 spiro atoms. The highest BCUT2D eigenvalue weighted by molar-refractivity contribution is 7.80.